The largest absolute Gasteiger partial charge is 0.355 e. The van der Waals surface area contributed by atoms with Gasteiger partial charge in [0.2, 0.25) is 0 Å². The highest BCUT2D eigenvalue weighted by Crippen LogP contribution is 2.26. The second-order valence-corrected chi connectivity index (χ2v) is 6.26. The van der Waals surface area contributed by atoms with Crippen molar-refractivity contribution >= 4 is 17.0 Å². The molecule has 0 bridgehead atoms. The van der Waals surface area contributed by atoms with E-state index in [1.54, 1.807) is 36.7 Å². The molecule has 124 valence electrons. The van der Waals surface area contributed by atoms with Crippen molar-refractivity contribution in [1.82, 2.24) is 29.5 Å². The molecule has 0 aliphatic carbocycles. The number of hydrogen-bond donors (Lipinski definition) is 1. The molecular formula is C16H19N7O. The number of anilines is 1. The second-order valence-electron chi connectivity index (χ2n) is 6.26. The number of fused-ring (bicyclic) bond motifs is 1. The quantitative estimate of drug-likeness (QED) is 0.776. The Kier molecular flexibility index (Phi) is 3.72. The molecule has 4 rings (SSSR count). The van der Waals surface area contributed by atoms with E-state index < -0.39 is 0 Å². The molecule has 0 aromatic carbocycles. The van der Waals surface area contributed by atoms with E-state index in [1.807, 2.05) is 0 Å². The van der Waals surface area contributed by atoms with Gasteiger partial charge in [0.25, 0.3) is 5.56 Å². The Bertz CT molecular complexity index is 908. The lowest BCUT2D eigenvalue weighted by molar-refractivity contribution is 0.350. The molecule has 1 aliphatic rings. The van der Waals surface area contributed by atoms with Gasteiger partial charge < -0.3 is 9.88 Å². The standard InChI is InChI=1S/C16H19N7O/c1-11-6-17-10-23(16(11)24)7-12-2-4-22(5-3-12)15-13-14(19-8-18-13)20-9-21-15/h6,8-10,12H,2-5,7H2,1H3,(H,18,19,20,21). The highest BCUT2D eigenvalue weighted by molar-refractivity contribution is 5.82. The van der Waals surface area contributed by atoms with Gasteiger partial charge in [-0.05, 0) is 25.7 Å². The summed E-state index contributed by atoms with van der Waals surface area (Å²) in [5.74, 6) is 1.38. The lowest BCUT2D eigenvalue weighted by Gasteiger charge is -2.33. The van der Waals surface area contributed by atoms with Gasteiger partial charge in [0, 0.05) is 31.4 Å². The zero-order valence-corrected chi connectivity index (χ0v) is 13.5. The fourth-order valence-electron chi connectivity index (χ4n) is 3.29. The van der Waals surface area contributed by atoms with Crippen molar-refractivity contribution in [3.8, 4) is 0 Å². The summed E-state index contributed by atoms with van der Waals surface area (Å²) in [7, 11) is 0. The summed E-state index contributed by atoms with van der Waals surface area (Å²) < 4.78 is 1.73. The molecule has 1 N–H and O–H groups in total. The van der Waals surface area contributed by atoms with Gasteiger partial charge in [-0.25, -0.2) is 19.9 Å². The topological polar surface area (TPSA) is 92.6 Å². The van der Waals surface area contributed by atoms with Crippen molar-refractivity contribution in [2.45, 2.75) is 26.3 Å². The fourth-order valence-corrected chi connectivity index (χ4v) is 3.29. The molecule has 1 fully saturated rings. The van der Waals surface area contributed by atoms with Crippen molar-refractivity contribution in [3.05, 3.63) is 41.1 Å². The number of nitrogens with one attached hydrogen (secondary N) is 1. The van der Waals surface area contributed by atoms with Crippen molar-refractivity contribution in [3.63, 3.8) is 0 Å². The van der Waals surface area contributed by atoms with E-state index >= 15 is 0 Å². The summed E-state index contributed by atoms with van der Waals surface area (Å²) >= 11 is 0. The maximum Gasteiger partial charge on any atom is 0.256 e. The normalized spacial score (nSPS) is 16.0. The molecule has 3 aromatic rings. The average molecular weight is 325 g/mol. The molecule has 0 amide bonds. The van der Waals surface area contributed by atoms with Crippen LogP contribution in [0.15, 0.2) is 30.0 Å². The second kappa shape index (κ2) is 6.03. The van der Waals surface area contributed by atoms with Crippen LogP contribution in [0.25, 0.3) is 11.2 Å². The Balaban J connectivity index is 1.46. The number of nitrogens with zero attached hydrogens (tertiary/aromatic N) is 6. The summed E-state index contributed by atoms with van der Waals surface area (Å²) in [6.45, 7) is 4.34. The van der Waals surface area contributed by atoms with Gasteiger partial charge in [-0.15, -0.1) is 0 Å². The first kappa shape index (κ1) is 14.8. The summed E-state index contributed by atoms with van der Waals surface area (Å²) in [6, 6.07) is 0. The lowest BCUT2D eigenvalue weighted by atomic mass is 9.96. The van der Waals surface area contributed by atoms with Crippen LogP contribution in [0, 0.1) is 12.8 Å². The summed E-state index contributed by atoms with van der Waals surface area (Å²) in [5.41, 5.74) is 2.33. The van der Waals surface area contributed by atoms with E-state index in [2.05, 4.69) is 29.8 Å². The zero-order chi connectivity index (χ0) is 16.5. The van der Waals surface area contributed by atoms with Gasteiger partial charge >= 0.3 is 0 Å². The van der Waals surface area contributed by atoms with Gasteiger partial charge in [-0.2, -0.15) is 0 Å². The lowest BCUT2D eigenvalue weighted by Crippen LogP contribution is -2.37. The van der Waals surface area contributed by atoms with Crippen LogP contribution in [-0.2, 0) is 6.54 Å². The number of rotatable bonds is 3. The van der Waals surface area contributed by atoms with Crippen LogP contribution in [0.4, 0.5) is 5.82 Å². The van der Waals surface area contributed by atoms with Crippen molar-refractivity contribution in [2.75, 3.05) is 18.0 Å². The molecule has 24 heavy (non-hydrogen) atoms. The maximum absolute atomic E-state index is 12.1. The van der Waals surface area contributed by atoms with E-state index in [4.69, 9.17) is 0 Å². The summed E-state index contributed by atoms with van der Waals surface area (Å²) in [5, 5.41) is 0. The maximum atomic E-state index is 12.1. The predicted molar refractivity (Wildman–Crippen MR) is 89.9 cm³/mol. The Morgan fingerprint density at radius 2 is 2.08 bits per heavy atom. The van der Waals surface area contributed by atoms with E-state index in [0.717, 1.165) is 43.8 Å². The average Bonchev–Trinajstić information content (AvgIpc) is 3.08. The van der Waals surface area contributed by atoms with E-state index in [0.29, 0.717) is 17.1 Å². The van der Waals surface area contributed by atoms with E-state index in [1.165, 1.54) is 0 Å². The van der Waals surface area contributed by atoms with Gasteiger partial charge in [0.1, 0.15) is 11.8 Å². The third-order valence-corrected chi connectivity index (χ3v) is 4.64. The van der Waals surface area contributed by atoms with Crippen LogP contribution in [0.3, 0.4) is 0 Å². The van der Waals surface area contributed by atoms with Crippen LogP contribution in [0.2, 0.25) is 0 Å². The van der Waals surface area contributed by atoms with Gasteiger partial charge in [-0.3, -0.25) is 9.36 Å². The van der Waals surface area contributed by atoms with Crippen molar-refractivity contribution in [1.29, 1.82) is 0 Å². The Morgan fingerprint density at radius 3 is 2.92 bits per heavy atom. The molecule has 8 heteroatoms. The molecule has 0 radical (unpaired) electrons. The third-order valence-electron chi connectivity index (χ3n) is 4.64. The first-order valence-electron chi connectivity index (χ1n) is 8.12. The Labute approximate surface area is 138 Å². The fraction of sp³-hybridized carbons (Fsp3) is 0.438. The summed E-state index contributed by atoms with van der Waals surface area (Å²) in [4.78, 5) is 34.4. The minimum Gasteiger partial charge on any atom is -0.355 e. The van der Waals surface area contributed by atoms with Crippen LogP contribution < -0.4 is 10.5 Å². The predicted octanol–water partition coefficient (Wildman–Crippen LogP) is 1.13. The third kappa shape index (κ3) is 2.64. The first-order chi connectivity index (χ1) is 11.7. The highest BCUT2D eigenvalue weighted by Gasteiger charge is 2.23. The molecular weight excluding hydrogens is 306 g/mol. The molecule has 0 atom stereocenters. The summed E-state index contributed by atoms with van der Waals surface area (Å²) in [6.07, 6.45) is 8.49. The molecule has 0 unspecified atom stereocenters. The van der Waals surface area contributed by atoms with E-state index in [-0.39, 0.29) is 5.56 Å². The Hall–Kier alpha value is -2.77. The number of aromatic nitrogens is 6. The van der Waals surface area contributed by atoms with Gasteiger partial charge in [0.15, 0.2) is 11.5 Å². The minimum absolute atomic E-state index is 0.0578. The molecule has 4 heterocycles. The number of H-pyrrole nitrogens is 1. The number of aromatic amines is 1. The van der Waals surface area contributed by atoms with Crippen LogP contribution in [-0.4, -0.2) is 42.6 Å². The number of imidazole rings is 1. The van der Waals surface area contributed by atoms with Crippen molar-refractivity contribution in [2.24, 2.45) is 5.92 Å². The molecule has 0 saturated carbocycles. The molecule has 3 aromatic heterocycles. The molecule has 0 spiro atoms. The molecule has 1 saturated heterocycles. The number of piperidine rings is 1. The number of hydrogen-bond acceptors (Lipinski definition) is 6. The van der Waals surface area contributed by atoms with Gasteiger partial charge in [0.05, 0.1) is 12.7 Å². The molecule has 1 aliphatic heterocycles. The smallest absolute Gasteiger partial charge is 0.256 e. The Morgan fingerprint density at radius 1 is 1.25 bits per heavy atom. The first-order valence-corrected chi connectivity index (χ1v) is 8.12. The van der Waals surface area contributed by atoms with E-state index in [9.17, 15) is 4.79 Å². The van der Waals surface area contributed by atoms with Gasteiger partial charge in [-0.1, -0.05) is 0 Å². The number of aryl methyl sites for hydroxylation is 1. The van der Waals surface area contributed by atoms with Crippen LogP contribution in [0.5, 0.6) is 0 Å². The van der Waals surface area contributed by atoms with Crippen LogP contribution >= 0.6 is 0 Å². The van der Waals surface area contributed by atoms with Crippen LogP contribution in [0.1, 0.15) is 18.4 Å². The SMILES string of the molecule is Cc1cncn(CC2CCN(c3ncnc4nc[nH]c34)CC2)c1=O. The monoisotopic (exact) mass is 325 g/mol. The zero-order valence-electron chi connectivity index (χ0n) is 13.5. The molecule has 8 nitrogen and oxygen atoms in total. The highest BCUT2D eigenvalue weighted by atomic mass is 16.1. The minimum atomic E-state index is 0.0578. The van der Waals surface area contributed by atoms with Crippen molar-refractivity contribution < 1.29 is 0 Å².